The molecule has 3 aromatic rings. The second-order valence-electron chi connectivity index (χ2n) is 7.47. The lowest BCUT2D eigenvalue weighted by Crippen LogP contribution is -2.23. The monoisotopic (exact) mass is 415 g/mol. The minimum atomic E-state index is -0.526. The second kappa shape index (κ2) is 8.41. The van der Waals surface area contributed by atoms with Crippen molar-refractivity contribution in [1.82, 2.24) is 9.97 Å². The molecule has 0 amide bonds. The van der Waals surface area contributed by atoms with Crippen molar-refractivity contribution >= 4 is 34.0 Å². The molecule has 5 nitrogen and oxygen atoms in total. The lowest BCUT2D eigenvalue weighted by atomic mass is 9.89. The maximum atomic E-state index is 14.3. The molecule has 1 aliphatic rings. The normalized spacial score (nSPS) is 19.2. The van der Waals surface area contributed by atoms with E-state index in [1.54, 1.807) is 19.2 Å². The molecule has 2 aromatic carbocycles. The van der Waals surface area contributed by atoms with Gasteiger partial charge < -0.3 is 14.8 Å². The Morgan fingerprint density at radius 3 is 2.66 bits per heavy atom. The van der Waals surface area contributed by atoms with E-state index in [9.17, 15) is 4.39 Å². The number of rotatable bonds is 5. The summed E-state index contributed by atoms with van der Waals surface area (Å²) < 4.78 is 26.1. The Morgan fingerprint density at radius 2 is 1.90 bits per heavy atom. The minimum absolute atomic E-state index is 0.0468. The predicted octanol–water partition coefficient (Wildman–Crippen LogP) is 6.13. The highest BCUT2D eigenvalue weighted by atomic mass is 35.5. The van der Waals surface area contributed by atoms with E-state index in [1.165, 1.54) is 12.4 Å². The van der Waals surface area contributed by atoms with Crippen LogP contribution in [-0.4, -0.2) is 23.2 Å². The molecule has 4 rings (SSSR count). The van der Waals surface area contributed by atoms with Gasteiger partial charge in [-0.2, -0.15) is 0 Å². The van der Waals surface area contributed by atoms with Crippen LogP contribution in [0.1, 0.15) is 32.6 Å². The molecule has 0 atom stereocenters. The third-order valence-corrected chi connectivity index (χ3v) is 5.67. The first-order valence-electron chi connectivity index (χ1n) is 9.75. The van der Waals surface area contributed by atoms with Crippen molar-refractivity contribution in [3.8, 4) is 11.5 Å². The zero-order chi connectivity index (χ0) is 20.4. The van der Waals surface area contributed by atoms with Crippen LogP contribution in [0, 0.1) is 11.7 Å². The number of fused-ring (bicyclic) bond motifs is 1. The molecule has 7 heteroatoms. The number of benzene rings is 2. The maximum Gasteiger partial charge on any atom is 0.165 e. The Balaban J connectivity index is 1.70. The fraction of sp³-hybridized carbons (Fsp3) is 0.364. The zero-order valence-corrected chi connectivity index (χ0v) is 17.2. The van der Waals surface area contributed by atoms with Gasteiger partial charge in [0.1, 0.15) is 12.1 Å². The first kappa shape index (κ1) is 19.7. The van der Waals surface area contributed by atoms with Gasteiger partial charge in [0.15, 0.2) is 17.3 Å². The van der Waals surface area contributed by atoms with Gasteiger partial charge in [-0.05, 0) is 49.8 Å². The van der Waals surface area contributed by atoms with Crippen molar-refractivity contribution in [1.29, 1.82) is 0 Å². The van der Waals surface area contributed by atoms with Gasteiger partial charge in [-0.1, -0.05) is 24.6 Å². The van der Waals surface area contributed by atoms with Crippen molar-refractivity contribution in [2.24, 2.45) is 5.92 Å². The molecular weight excluding hydrogens is 393 g/mol. The topological polar surface area (TPSA) is 56.3 Å². The fourth-order valence-electron chi connectivity index (χ4n) is 3.67. The molecule has 152 valence electrons. The highest BCUT2D eigenvalue weighted by Gasteiger charge is 2.22. The summed E-state index contributed by atoms with van der Waals surface area (Å²) in [5, 5.41) is 3.78. The van der Waals surface area contributed by atoms with Crippen LogP contribution in [0.5, 0.6) is 11.5 Å². The molecule has 1 aromatic heterocycles. The van der Waals surface area contributed by atoms with Crippen LogP contribution >= 0.6 is 11.6 Å². The largest absolute Gasteiger partial charge is 0.493 e. The fourth-order valence-corrected chi connectivity index (χ4v) is 3.84. The third-order valence-electron chi connectivity index (χ3n) is 5.38. The van der Waals surface area contributed by atoms with Crippen molar-refractivity contribution in [3.05, 3.63) is 47.5 Å². The van der Waals surface area contributed by atoms with Gasteiger partial charge in [0.25, 0.3) is 0 Å². The summed E-state index contributed by atoms with van der Waals surface area (Å²) >= 11 is 5.90. The summed E-state index contributed by atoms with van der Waals surface area (Å²) in [7, 11) is 1.61. The highest BCUT2D eigenvalue weighted by Crippen LogP contribution is 2.37. The van der Waals surface area contributed by atoms with Gasteiger partial charge in [-0.3, -0.25) is 0 Å². The molecule has 1 N–H and O–H groups in total. The molecule has 0 saturated heterocycles. The molecule has 0 aliphatic heterocycles. The Morgan fingerprint density at radius 1 is 1.10 bits per heavy atom. The molecule has 0 radical (unpaired) electrons. The van der Waals surface area contributed by atoms with Crippen LogP contribution in [0.3, 0.4) is 0 Å². The van der Waals surface area contributed by atoms with Crippen LogP contribution in [0.2, 0.25) is 5.02 Å². The standard InChI is InChI=1S/C22H23ClFN3O2/c1-13-6-8-14(9-7-13)29-20-10-15-18(11-19(20)28-2)25-12-26-22(15)27-17-5-3-4-16(23)21(17)24/h3-5,10-14H,6-9H2,1-2H3,(H,25,26,27). The van der Waals surface area contributed by atoms with Gasteiger partial charge in [-0.15, -0.1) is 0 Å². The van der Waals surface area contributed by atoms with Gasteiger partial charge in [-0.25, -0.2) is 14.4 Å². The number of nitrogens with one attached hydrogen (secondary N) is 1. The van der Waals surface area contributed by atoms with E-state index >= 15 is 0 Å². The second-order valence-corrected chi connectivity index (χ2v) is 7.88. The van der Waals surface area contributed by atoms with Crippen molar-refractivity contribution in [2.45, 2.75) is 38.7 Å². The highest BCUT2D eigenvalue weighted by molar-refractivity contribution is 6.31. The van der Waals surface area contributed by atoms with Gasteiger partial charge in [0.2, 0.25) is 0 Å². The Labute approximate surface area is 174 Å². The van der Waals surface area contributed by atoms with Crippen molar-refractivity contribution in [3.63, 3.8) is 0 Å². The Hall–Kier alpha value is -2.60. The molecular formula is C22H23ClFN3O2. The summed E-state index contributed by atoms with van der Waals surface area (Å²) in [6.07, 6.45) is 5.94. The van der Waals surface area contributed by atoms with Crippen molar-refractivity contribution in [2.75, 3.05) is 12.4 Å². The lowest BCUT2D eigenvalue weighted by Gasteiger charge is -2.27. The number of anilines is 2. The predicted molar refractivity (Wildman–Crippen MR) is 113 cm³/mol. The average Bonchev–Trinajstić information content (AvgIpc) is 2.73. The number of hydrogen-bond donors (Lipinski definition) is 1. The number of ether oxygens (including phenoxy) is 2. The molecule has 0 unspecified atom stereocenters. The van der Waals surface area contributed by atoms with Crippen LogP contribution in [0.15, 0.2) is 36.7 Å². The smallest absolute Gasteiger partial charge is 0.165 e. The Kier molecular flexibility index (Phi) is 5.72. The quantitative estimate of drug-likeness (QED) is 0.543. The van der Waals surface area contributed by atoms with E-state index in [0.717, 1.165) is 31.6 Å². The van der Waals surface area contributed by atoms with Crippen LogP contribution in [0.4, 0.5) is 15.9 Å². The molecule has 1 saturated carbocycles. The molecule has 29 heavy (non-hydrogen) atoms. The van der Waals surface area contributed by atoms with E-state index in [4.69, 9.17) is 21.1 Å². The van der Waals surface area contributed by atoms with Gasteiger partial charge in [0.05, 0.1) is 29.4 Å². The number of halogens is 2. The molecule has 0 spiro atoms. The van der Waals surface area contributed by atoms with E-state index in [2.05, 4.69) is 22.2 Å². The summed E-state index contributed by atoms with van der Waals surface area (Å²) in [5.41, 5.74) is 0.920. The maximum absolute atomic E-state index is 14.3. The van der Waals surface area contributed by atoms with E-state index < -0.39 is 5.82 Å². The van der Waals surface area contributed by atoms with Crippen LogP contribution in [0.25, 0.3) is 10.9 Å². The number of methoxy groups -OCH3 is 1. The number of nitrogens with zero attached hydrogens (tertiary/aromatic N) is 2. The molecule has 1 heterocycles. The van der Waals surface area contributed by atoms with E-state index in [0.29, 0.717) is 28.2 Å². The Bertz CT molecular complexity index is 1020. The average molecular weight is 416 g/mol. The summed E-state index contributed by atoms with van der Waals surface area (Å²) in [4.78, 5) is 8.62. The molecule has 0 bridgehead atoms. The first-order chi connectivity index (χ1) is 14.0. The zero-order valence-electron chi connectivity index (χ0n) is 16.4. The summed E-state index contributed by atoms with van der Waals surface area (Å²) in [6.45, 7) is 2.27. The summed E-state index contributed by atoms with van der Waals surface area (Å²) in [6, 6.07) is 8.47. The van der Waals surface area contributed by atoms with Gasteiger partial charge in [0, 0.05) is 11.5 Å². The van der Waals surface area contributed by atoms with Gasteiger partial charge >= 0.3 is 0 Å². The molecule has 1 fully saturated rings. The SMILES string of the molecule is COc1cc2ncnc(Nc3cccc(Cl)c3F)c2cc1OC1CCC(C)CC1. The first-order valence-corrected chi connectivity index (χ1v) is 10.1. The van der Waals surface area contributed by atoms with E-state index in [-0.39, 0.29) is 16.8 Å². The third kappa shape index (κ3) is 4.22. The van der Waals surface area contributed by atoms with E-state index in [1.807, 2.05) is 12.1 Å². The minimum Gasteiger partial charge on any atom is -0.493 e. The molecule has 1 aliphatic carbocycles. The van der Waals surface area contributed by atoms with Crippen LogP contribution < -0.4 is 14.8 Å². The number of hydrogen-bond acceptors (Lipinski definition) is 5. The lowest BCUT2D eigenvalue weighted by molar-refractivity contribution is 0.131. The summed E-state index contributed by atoms with van der Waals surface area (Å²) in [5.74, 6) is 1.95. The number of aromatic nitrogens is 2. The van der Waals surface area contributed by atoms with Crippen LogP contribution in [-0.2, 0) is 0 Å². The van der Waals surface area contributed by atoms with Crippen molar-refractivity contribution < 1.29 is 13.9 Å².